The van der Waals surface area contributed by atoms with E-state index in [1.54, 1.807) is 0 Å². The first-order valence-corrected chi connectivity index (χ1v) is 21.5. The molecular weight excluding hydrogens is 723 g/mol. The highest BCUT2D eigenvalue weighted by Gasteiger charge is 2.41. The maximum atomic E-state index is 6.75. The zero-order valence-corrected chi connectivity index (χ0v) is 35.7. The number of aromatic nitrogens is 2. The smallest absolute Gasteiger partial charge is 0.249 e. The predicted octanol–water partition coefficient (Wildman–Crippen LogP) is 12.6. The largest absolute Gasteiger partial charge is 0.455 e. The van der Waals surface area contributed by atoms with Crippen molar-refractivity contribution in [2.75, 3.05) is 0 Å². The Morgan fingerprint density at radius 3 is 2.07 bits per heavy atom. The molecule has 6 aromatic carbocycles. The molecule has 0 bridgehead atoms. The van der Waals surface area contributed by atoms with Crippen molar-refractivity contribution in [1.29, 1.82) is 0 Å². The molecule has 0 spiro atoms. The lowest BCUT2D eigenvalue weighted by Crippen LogP contribution is -2.59. The topological polar surface area (TPSA) is 31.0 Å². The summed E-state index contributed by atoms with van der Waals surface area (Å²) in [5.74, 6) is 0. The summed E-state index contributed by atoms with van der Waals surface area (Å²) in [5, 5.41) is 4.90. The van der Waals surface area contributed by atoms with Gasteiger partial charge in [-0.05, 0) is 122 Å². The molecule has 5 heterocycles. The van der Waals surface area contributed by atoms with Gasteiger partial charge in [0.1, 0.15) is 11.2 Å². The minimum Gasteiger partial charge on any atom is -0.455 e. The maximum absolute atomic E-state index is 6.75. The third-order valence-electron chi connectivity index (χ3n) is 12.8. The lowest BCUT2D eigenvalue weighted by atomic mass is 9.35. The number of rotatable bonds is 2. The van der Waals surface area contributed by atoms with E-state index in [0.717, 1.165) is 38.8 Å². The fourth-order valence-corrected chi connectivity index (χ4v) is 10.7. The minimum absolute atomic E-state index is 0.0130. The Kier molecular flexibility index (Phi) is 7.38. The Morgan fingerprint density at radius 2 is 1.31 bits per heavy atom. The van der Waals surface area contributed by atoms with E-state index in [-0.39, 0.29) is 23.0 Å². The van der Waals surface area contributed by atoms with Gasteiger partial charge in [0, 0.05) is 54.3 Å². The van der Waals surface area contributed by atoms with Gasteiger partial charge < -0.3 is 8.98 Å². The summed E-state index contributed by atoms with van der Waals surface area (Å²) in [5.41, 5.74) is 18.3. The SMILES string of the molecule is CC(C)(C)c1ccc2c(c1)B1c3c(cc(-c4ccc5c(c4)oc4c(-c6ccccn6)cccc45)cc3-n3c4ccc(C(C)(C)C)cc4c4cc(C(C)(C)C)cc1c43)S2. The van der Waals surface area contributed by atoms with Gasteiger partial charge in [0.2, 0.25) is 6.71 Å². The number of hydrogen-bond donors (Lipinski definition) is 0. The van der Waals surface area contributed by atoms with Crippen LogP contribution < -0.4 is 16.4 Å². The molecule has 2 aliphatic rings. The zero-order valence-electron chi connectivity index (χ0n) is 34.8. The van der Waals surface area contributed by atoms with Gasteiger partial charge in [0.15, 0.2) is 0 Å². The fraction of sp³-hybridized carbons (Fsp3) is 0.226. The molecule has 2 aliphatic heterocycles. The Bertz CT molecular complexity index is 3200. The lowest BCUT2D eigenvalue weighted by Gasteiger charge is -2.35. The van der Waals surface area contributed by atoms with Crippen molar-refractivity contribution in [3.05, 3.63) is 138 Å². The number of pyridine rings is 1. The summed E-state index contributed by atoms with van der Waals surface area (Å²) in [6, 6.07) is 43.6. The summed E-state index contributed by atoms with van der Waals surface area (Å²) in [6.45, 7) is 21.1. The van der Waals surface area contributed by atoms with Gasteiger partial charge in [-0.1, -0.05) is 128 Å². The molecule has 58 heavy (non-hydrogen) atoms. The van der Waals surface area contributed by atoms with Crippen LogP contribution in [0.4, 0.5) is 0 Å². The first kappa shape index (κ1) is 35.6. The van der Waals surface area contributed by atoms with Crippen LogP contribution in [0.2, 0.25) is 0 Å². The molecule has 0 unspecified atom stereocenters. The molecule has 0 radical (unpaired) electrons. The van der Waals surface area contributed by atoms with Crippen molar-refractivity contribution in [1.82, 2.24) is 9.55 Å². The van der Waals surface area contributed by atoms with Gasteiger partial charge in [-0.15, -0.1) is 0 Å². The molecule has 11 rings (SSSR count). The average molecular weight is 771 g/mol. The summed E-state index contributed by atoms with van der Waals surface area (Å²) < 4.78 is 9.35. The van der Waals surface area contributed by atoms with Gasteiger partial charge in [-0.25, -0.2) is 0 Å². The predicted molar refractivity (Wildman–Crippen MR) is 248 cm³/mol. The van der Waals surface area contributed by atoms with E-state index in [2.05, 4.69) is 169 Å². The van der Waals surface area contributed by atoms with Crippen molar-refractivity contribution in [3.8, 4) is 28.1 Å². The van der Waals surface area contributed by atoms with E-state index in [0.29, 0.717) is 0 Å². The average Bonchev–Trinajstić information content (AvgIpc) is 3.74. The van der Waals surface area contributed by atoms with Crippen molar-refractivity contribution in [3.63, 3.8) is 0 Å². The molecule has 3 nitrogen and oxygen atoms in total. The van der Waals surface area contributed by atoms with E-state index >= 15 is 0 Å². The molecule has 284 valence electrons. The van der Waals surface area contributed by atoms with Crippen LogP contribution in [0.1, 0.15) is 79.0 Å². The highest BCUT2D eigenvalue weighted by molar-refractivity contribution is 8.00. The molecule has 0 saturated heterocycles. The van der Waals surface area contributed by atoms with Crippen molar-refractivity contribution in [2.45, 2.75) is 88.3 Å². The zero-order chi connectivity index (χ0) is 40.0. The summed E-state index contributed by atoms with van der Waals surface area (Å²) in [7, 11) is 0. The highest BCUT2D eigenvalue weighted by atomic mass is 32.2. The van der Waals surface area contributed by atoms with Crippen LogP contribution in [-0.2, 0) is 16.2 Å². The minimum atomic E-state index is -0.0130. The second-order valence-electron chi connectivity index (χ2n) is 19.7. The van der Waals surface area contributed by atoms with Crippen molar-refractivity contribution >= 4 is 78.6 Å². The van der Waals surface area contributed by atoms with E-state index in [9.17, 15) is 0 Å². The normalized spacial score (nSPS) is 13.8. The van der Waals surface area contributed by atoms with E-state index < -0.39 is 0 Å². The molecule has 0 atom stereocenters. The number of para-hydroxylation sites is 1. The number of hydrogen-bond acceptors (Lipinski definition) is 3. The third kappa shape index (κ3) is 5.25. The second-order valence-corrected chi connectivity index (χ2v) is 20.8. The van der Waals surface area contributed by atoms with Crippen LogP contribution in [0, 0.1) is 0 Å². The monoisotopic (exact) mass is 770 g/mol. The Morgan fingerprint density at radius 1 is 0.569 bits per heavy atom. The molecule has 0 N–H and O–H groups in total. The van der Waals surface area contributed by atoms with Gasteiger partial charge in [-0.2, -0.15) is 0 Å². The number of fused-ring (bicyclic) bond motifs is 10. The molecule has 5 heteroatoms. The molecule has 3 aromatic heterocycles. The number of furan rings is 1. The van der Waals surface area contributed by atoms with Crippen LogP contribution in [0.3, 0.4) is 0 Å². The molecule has 9 aromatic rings. The Hall–Kier alpha value is -5.52. The van der Waals surface area contributed by atoms with E-state index in [1.807, 2.05) is 36.2 Å². The Labute approximate surface area is 345 Å². The molecule has 0 fully saturated rings. The summed E-state index contributed by atoms with van der Waals surface area (Å²) in [6.07, 6.45) is 1.84. The van der Waals surface area contributed by atoms with Gasteiger partial charge in [0.25, 0.3) is 0 Å². The van der Waals surface area contributed by atoms with Crippen LogP contribution in [0.25, 0.3) is 71.8 Å². The molecular formula is C53H47BN2OS. The summed E-state index contributed by atoms with van der Waals surface area (Å²) >= 11 is 1.93. The maximum Gasteiger partial charge on any atom is 0.249 e. The molecule has 0 aliphatic carbocycles. The molecule has 0 amide bonds. The van der Waals surface area contributed by atoms with Crippen molar-refractivity contribution in [2.24, 2.45) is 0 Å². The highest BCUT2D eigenvalue weighted by Crippen LogP contribution is 2.44. The second kappa shape index (κ2) is 12.0. The quantitative estimate of drug-likeness (QED) is 0.164. The first-order valence-electron chi connectivity index (χ1n) is 20.6. The standard InChI is InChI=1S/C53H47BN2OS/c1-51(2,3)32-17-20-43-38(26-32)39-27-34(53(7,8)9)29-41-49(39)56(43)44-23-31(25-47-48(44)54(41)40-28-33(52(4,5)6)18-21-46(40)58-47)30-16-19-35-36-13-12-14-37(42-15-10-11-22-55-42)50(36)57-45(35)24-30/h10-29H,1-9H3. The molecule has 0 saturated carbocycles. The van der Waals surface area contributed by atoms with Crippen molar-refractivity contribution < 1.29 is 4.42 Å². The number of benzene rings is 6. The number of nitrogens with zero attached hydrogens (tertiary/aromatic N) is 2. The van der Waals surface area contributed by atoms with Crippen LogP contribution in [0.5, 0.6) is 0 Å². The van der Waals surface area contributed by atoms with Gasteiger partial charge >= 0.3 is 0 Å². The van der Waals surface area contributed by atoms with Crippen LogP contribution >= 0.6 is 11.8 Å². The van der Waals surface area contributed by atoms with E-state index in [4.69, 9.17) is 4.42 Å². The van der Waals surface area contributed by atoms with Crippen LogP contribution in [-0.4, -0.2) is 16.3 Å². The van der Waals surface area contributed by atoms with Gasteiger partial charge in [0.05, 0.1) is 11.2 Å². The summed E-state index contributed by atoms with van der Waals surface area (Å²) in [4.78, 5) is 7.32. The van der Waals surface area contributed by atoms with E-state index in [1.165, 1.54) is 75.9 Å². The lowest BCUT2D eigenvalue weighted by molar-refractivity contribution is 0.590. The Balaban J connectivity index is 1.21. The fourth-order valence-electron chi connectivity index (χ4n) is 9.52. The van der Waals surface area contributed by atoms with Gasteiger partial charge in [-0.3, -0.25) is 4.98 Å². The van der Waals surface area contributed by atoms with Crippen LogP contribution in [0.15, 0.2) is 136 Å². The first-order chi connectivity index (χ1) is 27.6. The third-order valence-corrected chi connectivity index (χ3v) is 13.9.